The molecular formula is C15H19FINO2. The molecule has 1 unspecified atom stereocenters. The van der Waals surface area contributed by atoms with Crippen molar-refractivity contribution < 1.29 is 14.3 Å². The van der Waals surface area contributed by atoms with E-state index in [9.17, 15) is 9.18 Å². The minimum absolute atomic E-state index is 0.0362. The molecular weight excluding hydrogens is 372 g/mol. The summed E-state index contributed by atoms with van der Waals surface area (Å²) in [7, 11) is 0. The van der Waals surface area contributed by atoms with Crippen molar-refractivity contribution in [2.75, 3.05) is 11.9 Å². The van der Waals surface area contributed by atoms with Crippen LogP contribution in [0.25, 0.3) is 0 Å². The molecule has 0 aliphatic heterocycles. The predicted octanol–water partition coefficient (Wildman–Crippen LogP) is 4.12. The Hall–Kier alpha value is -0.850. The number of carboxylic acid groups (broad SMARTS) is 1. The third-order valence-electron chi connectivity index (χ3n) is 4.06. The van der Waals surface area contributed by atoms with Gasteiger partial charge < -0.3 is 10.4 Å². The predicted molar refractivity (Wildman–Crippen MR) is 85.3 cm³/mol. The Morgan fingerprint density at radius 2 is 2.25 bits per heavy atom. The normalized spacial score (nSPS) is 17.6. The number of benzene rings is 1. The van der Waals surface area contributed by atoms with E-state index < -0.39 is 5.97 Å². The van der Waals surface area contributed by atoms with Gasteiger partial charge >= 0.3 is 5.97 Å². The zero-order valence-corrected chi connectivity index (χ0v) is 13.6. The summed E-state index contributed by atoms with van der Waals surface area (Å²) in [6.07, 6.45) is 3.37. The fourth-order valence-corrected chi connectivity index (χ4v) is 2.93. The molecule has 0 heterocycles. The number of halogens is 2. The number of nitrogens with one attached hydrogen (secondary N) is 1. The zero-order chi connectivity index (χ0) is 14.8. The average molecular weight is 391 g/mol. The second-order valence-corrected chi connectivity index (χ2v) is 6.87. The number of rotatable bonds is 7. The smallest absolute Gasteiger partial charge is 0.306 e. The van der Waals surface area contributed by atoms with Crippen molar-refractivity contribution in [1.29, 1.82) is 0 Å². The molecule has 2 rings (SSSR count). The topological polar surface area (TPSA) is 49.3 Å². The number of carboxylic acids is 1. The van der Waals surface area contributed by atoms with Crippen LogP contribution in [0.1, 0.15) is 32.6 Å². The number of aliphatic carboxylic acids is 1. The van der Waals surface area contributed by atoms with E-state index in [1.807, 2.05) is 13.0 Å². The molecule has 0 amide bonds. The molecule has 0 bridgehead atoms. The molecule has 1 aromatic rings. The number of anilines is 1. The molecule has 1 atom stereocenters. The van der Waals surface area contributed by atoms with Gasteiger partial charge in [0.05, 0.1) is 11.6 Å². The van der Waals surface area contributed by atoms with Crippen molar-refractivity contribution >= 4 is 34.2 Å². The maximum atomic E-state index is 13.7. The Morgan fingerprint density at radius 3 is 2.75 bits per heavy atom. The lowest BCUT2D eigenvalue weighted by Crippen LogP contribution is -2.23. The fraction of sp³-hybridized carbons (Fsp3) is 0.533. The van der Waals surface area contributed by atoms with Crippen LogP contribution in [0, 0.1) is 20.7 Å². The maximum Gasteiger partial charge on any atom is 0.306 e. The van der Waals surface area contributed by atoms with Gasteiger partial charge in [-0.25, -0.2) is 4.39 Å². The van der Waals surface area contributed by atoms with Crippen molar-refractivity contribution in [1.82, 2.24) is 0 Å². The molecule has 0 aromatic heterocycles. The quantitative estimate of drug-likeness (QED) is 0.688. The second-order valence-electron chi connectivity index (χ2n) is 5.63. The monoisotopic (exact) mass is 391 g/mol. The summed E-state index contributed by atoms with van der Waals surface area (Å²) < 4.78 is 14.6. The van der Waals surface area contributed by atoms with Gasteiger partial charge in [-0.3, -0.25) is 4.79 Å². The molecule has 0 spiro atoms. The minimum Gasteiger partial charge on any atom is -0.481 e. The highest BCUT2D eigenvalue weighted by atomic mass is 127. The third kappa shape index (κ3) is 3.84. The van der Waals surface area contributed by atoms with Crippen LogP contribution in [0.3, 0.4) is 0 Å². The van der Waals surface area contributed by atoms with E-state index in [2.05, 4.69) is 27.9 Å². The molecule has 1 aliphatic carbocycles. The third-order valence-corrected chi connectivity index (χ3v) is 4.73. The van der Waals surface area contributed by atoms with Gasteiger partial charge in [-0.1, -0.05) is 6.92 Å². The summed E-state index contributed by atoms with van der Waals surface area (Å²) >= 11 is 2.07. The molecule has 1 aliphatic rings. The van der Waals surface area contributed by atoms with Crippen LogP contribution in [-0.4, -0.2) is 17.6 Å². The van der Waals surface area contributed by atoms with Gasteiger partial charge in [0.15, 0.2) is 0 Å². The van der Waals surface area contributed by atoms with E-state index in [0.29, 0.717) is 25.1 Å². The summed E-state index contributed by atoms with van der Waals surface area (Å²) in [4.78, 5) is 11.1. The molecule has 110 valence electrons. The standard InChI is InChI=1S/C15H19FINO2/c1-2-10(14(19)20)8-15(5-6-15)9-18-13-4-3-11(17)7-12(13)16/h3-4,7,10,18H,2,5-6,8-9H2,1H3,(H,19,20). The lowest BCUT2D eigenvalue weighted by Gasteiger charge is -2.20. The van der Waals surface area contributed by atoms with Crippen molar-refractivity contribution in [2.24, 2.45) is 11.3 Å². The van der Waals surface area contributed by atoms with Gasteiger partial charge in [0.25, 0.3) is 0 Å². The Morgan fingerprint density at radius 1 is 1.55 bits per heavy atom. The van der Waals surface area contributed by atoms with E-state index in [1.165, 1.54) is 6.07 Å². The van der Waals surface area contributed by atoms with Gasteiger partial charge in [0, 0.05) is 10.1 Å². The summed E-state index contributed by atoms with van der Waals surface area (Å²) in [5.74, 6) is -1.27. The van der Waals surface area contributed by atoms with Gasteiger partial charge in [-0.2, -0.15) is 0 Å². The Bertz CT molecular complexity index is 503. The summed E-state index contributed by atoms with van der Waals surface area (Å²) in [5, 5.41) is 12.3. The molecule has 2 N–H and O–H groups in total. The van der Waals surface area contributed by atoms with Crippen LogP contribution in [0.5, 0.6) is 0 Å². The first-order valence-corrected chi connectivity index (χ1v) is 7.95. The largest absolute Gasteiger partial charge is 0.481 e. The molecule has 3 nitrogen and oxygen atoms in total. The van der Waals surface area contributed by atoms with Crippen molar-refractivity contribution in [3.8, 4) is 0 Å². The van der Waals surface area contributed by atoms with E-state index in [4.69, 9.17) is 5.11 Å². The molecule has 1 aromatic carbocycles. The van der Waals surface area contributed by atoms with Gasteiger partial charge in [0.2, 0.25) is 0 Å². The Labute approximate surface area is 132 Å². The Kier molecular flexibility index (Phi) is 4.88. The Balaban J connectivity index is 1.94. The molecule has 0 saturated heterocycles. The van der Waals surface area contributed by atoms with Crippen LogP contribution in [0.2, 0.25) is 0 Å². The zero-order valence-electron chi connectivity index (χ0n) is 11.5. The second kappa shape index (κ2) is 6.28. The number of hydrogen-bond acceptors (Lipinski definition) is 2. The van der Waals surface area contributed by atoms with Crippen LogP contribution < -0.4 is 5.32 Å². The highest BCUT2D eigenvalue weighted by Crippen LogP contribution is 2.51. The molecule has 0 radical (unpaired) electrons. The first-order chi connectivity index (χ1) is 9.46. The van der Waals surface area contributed by atoms with Crippen LogP contribution in [0.15, 0.2) is 18.2 Å². The minimum atomic E-state index is -0.723. The molecule has 1 fully saturated rings. The first-order valence-electron chi connectivity index (χ1n) is 6.87. The van der Waals surface area contributed by atoms with E-state index in [-0.39, 0.29) is 17.2 Å². The molecule has 1 saturated carbocycles. The SMILES string of the molecule is CCC(CC1(CNc2ccc(I)cc2F)CC1)C(=O)O. The van der Waals surface area contributed by atoms with E-state index in [0.717, 1.165) is 16.4 Å². The lowest BCUT2D eigenvalue weighted by molar-refractivity contribution is -0.142. The summed E-state index contributed by atoms with van der Waals surface area (Å²) in [5.41, 5.74) is 0.536. The van der Waals surface area contributed by atoms with Gasteiger partial charge in [-0.05, 0) is 71.9 Å². The van der Waals surface area contributed by atoms with Crippen molar-refractivity contribution in [2.45, 2.75) is 32.6 Å². The van der Waals surface area contributed by atoms with Crippen LogP contribution in [0.4, 0.5) is 10.1 Å². The van der Waals surface area contributed by atoms with E-state index >= 15 is 0 Å². The summed E-state index contributed by atoms with van der Waals surface area (Å²) in [6, 6.07) is 5.09. The average Bonchev–Trinajstić information content (AvgIpc) is 3.15. The summed E-state index contributed by atoms with van der Waals surface area (Å²) in [6.45, 7) is 2.55. The highest BCUT2D eigenvalue weighted by Gasteiger charge is 2.44. The first kappa shape index (κ1) is 15.5. The van der Waals surface area contributed by atoms with E-state index in [1.54, 1.807) is 6.07 Å². The molecule has 20 heavy (non-hydrogen) atoms. The van der Waals surface area contributed by atoms with Crippen LogP contribution in [-0.2, 0) is 4.79 Å². The van der Waals surface area contributed by atoms with Gasteiger partial charge in [0.1, 0.15) is 5.82 Å². The lowest BCUT2D eigenvalue weighted by atomic mass is 9.90. The maximum absolute atomic E-state index is 13.7. The van der Waals surface area contributed by atoms with Crippen molar-refractivity contribution in [3.05, 3.63) is 27.6 Å². The molecule has 5 heteroatoms. The van der Waals surface area contributed by atoms with Crippen molar-refractivity contribution in [3.63, 3.8) is 0 Å². The van der Waals surface area contributed by atoms with Crippen LogP contribution >= 0.6 is 22.6 Å². The number of carbonyl (C=O) groups is 1. The number of hydrogen-bond donors (Lipinski definition) is 2. The highest BCUT2D eigenvalue weighted by molar-refractivity contribution is 14.1. The van der Waals surface area contributed by atoms with Gasteiger partial charge in [-0.15, -0.1) is 0 Å². The fourth-order valence-electron chi connectivity index (χ4n) is 2.47.